The molecule has 0 radical (unpaired) electrons. The van der Waals surface area contributed by atoms with Gasteiger partial charge in [0.2, 0.25) is 0 Å². The van der Waals surface area contributed by atoms with Crippen LogP contribution < -0.4 is 5.32 Å². The zero-order valence-corrected chi connectivity index (χ0v) is 16.5. The lowest BCUT2D eigenvalue weighted by molar-refractivity contribution is -0.136. The van der Waals surface area contributed by atoms with Crippen LogP contribution in [0.5, 0.6) is 0 Å². The standard InChI is InChI=1S/C22H15F5N2S/c1-12-16-9-14(23)3-5-20(16)30-21(12)11-29-19-4-2-13(8-17(19)22(25,26)27)15-6-7-28-10-18(15)24/h2-10,29H,11H2,1H3. The summed E-state index contributed by atoms with van der Waals surface area (Å²) in [5, 5.41) is 3.58. The molecule has 0 aliphatic heterocycles. The van der Waals surface area contributed by atoms with E-state index in [-0.39, 0.29) is 29.2 Å². The van der Waals surface area contributed by atoms with Crippen LogP contribution in [0.2, 0.25) is 0 Å². The van der Waals surface area contributed by atoms with Gasteiger partial charge in [0.1, 0.15) is 11.6 Å². The van der Waals surface area contributed by atoms with E-state index in [0.29, 0.717) is 0 Å². The Bertz CT molecular complexity index is 1230. The van der Waals surface area contributed by atoms with Crippen LogP contribution in [-0.2, 0) is 12.7 Å². The first-order valence-corrected chi connectivity index (χ1v) is 9.78. The van der Waals surface area contributed by atoms with Gasteiger partial charge in [0, 0.05) is 33.6 Å². The van der Waals surface area contributed by atoms with Crippen LogP contribution >= 0.6 is 11.3 Å². The Labute approximate surface area is 173 Å². The summed E-state index contributed by atoms with van der Waals surface area (Å²) in [4.78, 5) is 4.43. The summed E-state index contributed by atoms with van der Waals surface area (Å²) in [6.07, 6.45) is -2.34. The Balaban J connectivity index is 1.67. The van der Waals surface area contributed by atoms with E-state index in [0.717, 1.165) is 32.8 Å². The first-order valence-electron chi connectivity index (χ1n) is 8.96. The molecule has 0 aliphatic carbocycles. The Kier molecular flexibility index (Phi) is 5.19. The number of fused-ring (bicyclic) bond motifs is 1. The normalized spacial score (nSPS) is 11.8. The summed E-state index contributed by atoms with van der Waals surface area (Å²) >= 11 is 1.40. The lowest BCUT2D eigenvalue weighted by Gasteiger charge is -2.16. The monoisotopic (exact) mass is 434 g/mol. The highest BCUT2D eigenvalue weighted by atomic mass is 32.1. The highest BCUT2D eigenvalue weighted by Gasteiger charge is 2.34. The molecule has 1 N–H and O–H groups in total. The predicted octanol–water partition coefficient (Wildman–Crippen LogP) is 7.18. The van der Waals surface area contributed by atoms with Crippen LogP contribution in [0.25, 0.3) is 21.2 Å². The van der Waals surface area contributed by atoms with E-state index in [9.17, 15) is 22.0 Å². The maximum Gasteiger partial charge on any atom is 0.418 e. The third kappa shape index (κ3) is 3.87. The molecule has 2 aromatic carbocycles. The Hall–Kier alpha value is -3.00. The van der Waals surface area contributed by atoms with E-state index in [1.807, 2.05) is 6.92 Å². The second kappa shape index (κ2) is 7.68. The van der Waals surface area contributed by atoms with Gasteiger partial charge in [-0.25, -0.2) is 8.78 Å². The average molecular weight is 434 g/mol. The van der Waals surface area contributed by atoms with Gasteiger partial charge in [0.05, 0.1) is 11.8 Å². The molecule has 4 rings (SSSR count). The molecular weight excluding hydrogens is 419 g/mol. The quantitative estimate of drug-likeness (QED) is 0.344. The molecule has 0 aliphatic rings. The van der Waals surface area contributed by atoms with Gasteiger partial charge in [0.25, 0.3) is 0 Å². The number of halogens is 5. The SMILES string of the molecule is Cc1c(CNc2ccc(-c3ccncc3F)cc2C(F)(F)F)sc2ccc(F)cc12. The topological polar surface area (TPSA) is 24.9 Å². The summed E-state index contributed by atoms with van der Waals surface area (Å²) in [5.74, 6) is -1.05. The van der Waals surface area contributed by atoms with E-state index in [4.69, 9.17) is 0 Å². The molecule has 8 heteroatoms. The molecule has 0 unspecified atom stereocenters. The number of nitrogens with zero attached hydrogens (tertiary/aromatic N) is 1. The summed E-state index contributed by atoms with van der Waals surface area (Å²) in [6, 6.07) is 9.41. The van der Waals surface area contributed by atoms with E-state index in [1.165, 1.54) is 47.9 Å². The van der Waals surface area contributed by atoms with Crippen molar-refractivity contribution in [3.63, 3.8) is 0 Å². The van der Waals surface area contributed by atoms with Crippen LogP contribution in [-0.4, -0.2) is 4.98 Å². The van der Waals surface area contributed by atoms with Crippen molar-refractivity contribution in [2.45, 2.75) is 19.6 Å². The first-order chi connectivity index (χ1) is 14.2. The fourth-order valence-electron chi connectivity index (χ4n) is 3.30. The molecule has 0 saturated heterocycles. The molecule has 0 saturated carbocycles. The molecule has 2 aromatic heterocycles. The van der Waals surface area contributed by atoms with Gasteiger partial charge >= 0.3 is 6.18 Å². The Morgan fingerprint density at radius 2 is 1.83 bits per heavy atom. The maximum atomic E-state index is 14.0. The number of benzene rings is 2. The number of hydrogen-bond donors (Lipinski definition) is 1. The second-order valence-electron chi connectivity index (χ2n) is 6.76. The summed E-state index contributed by atoms with van der Waals surface area (Å²) < 4.78 is 69.4. The second-order valence-corrected chi connectivity index (χ2v) is 7.89. The van der Waals surface area contributed by atoms with E-state index >= 15 is 0 Å². The predicted molar refractivity (Wildman–Crippen MR) is 108 cm³/mol. The van der Waals surface area contributed by atoms with Crippen molar-refractivity contribution >= 4 is 27.1 Å². The lowest BCUT2D eigenvalue weighted by Crippen LogP contribution is -2.11. The summed E-state index contributed by atoms with van der Waals surface area (Å²) in [7, 11) is 0. The molecule has 0 bridgehead atoms. The number of hydrogen-bond acceptors (Lipinski definition) is 3. The third-order valence-corrected chi connectivity index (χ3v) is 6.12. The van der Waals surface area contributed by atoms with Gasteiger partial charge in [-0.15, -0.1) is 11.3 Å². The van der Waals surface area contributed by atoms with E-state index < -0.39 is 17.6 Å². The Morgan fingerprint density at radius 1 is 1.03 bits per heavy atom. The lowest BCUT2D eigenvalue weighted by atomic mass is 10.0. The summed E-state index contributed by atoms with van der Waals surface area (Å²) in [6.45, 7) is 1.97. The first kappa shape index (κ1) is 20.3. The van der Waals surface area contributed by atoms with Gasteiger partial charge in [-0.1, -0.05) is 6.07 Å². The van der Waals surface area contributed by atoms with Gasteiger partial charge in [-0.2, -0.15) is 13.2 Å². The molecule has 2 nitrogen and oxygen atoms in total. The van der Waals surface area contributed by atoms with Crippen molar-refractivity contribution in [1.29, 1.82) is 0 Å². The van der Waals surface area contributed by atoms with Gasteiger partial charge in [-0.05, 0) is 59.8 Å². The van der Waals surface area contributed by atoms with Gasteiger partial charge in [-0.3, -0.25) is 4.98 Å². The van der Waals surface area contributed by atoms with E-state index in [2.05, 4.69) is 10.3 Å². The van der Waals surface area contributed by atoms with Gasteiger partial charge < -0.3 is 5.32 Å². The van der Waals surface area contributed by atoms with Crippen molar-refractivity contribution in [1.82, 2.24) is 4.98 Å². The smallest absolute Gasteiger partial charge is 0.380 e. The molecule has 2 heterocycles. The number of anilines is 1. The van der Waals surface area contributed by atoms with Gasteiger partial charge in [0.15, 0.2) is 0 Å². The van der Waals surface area contributed by atoms with E-state index in [1.54, 1.807) is 6.07 Å². The molecule has 0 fully saturated rings. The fraction of sp³-hybridized carbons (Fsp3) is 0.136. The number of alkyl halides is 3. The van der Waals surface area contributed by atoms with Crippen LogP contribution in [0.4, 0.5) is 27.6 Å². The minimum Gasteiger partial charge on any atom is -0.380 e. The molecule has 4 aromatic rings. The number of aryl methyl sites for hydroxylation is 1. The van der Waals surface area contributed by atoms with Crippen molar-refractivity contribution in [3.8, 4) is 11.1 Å². The molecule has 154 valence electrons. The Morgan fingerprint density at radius 3 is 2.57 bits per heavy atom. The molecule has 0 atom stereocenters. The number of thiophene rings is 1. The van der Waals surface area contributed by atoms with Crippen molar-refractivity contribution in [2.75, 3.05) is 5.32 Å². The van der Waals surface area contributed by atoms with Crippen LogP contribution in [0.1, 0.15) is 16.0 Å². The number of pyridine rings is 1. The van der Waals surface area contributed by atoms with Crippen LogP contribution in [0.15, 0.2) is 54.9 Å². The average Bonchev–Trinajstić information content (AvgIpc) is 3.01. The molecule has 0 spiro atoms. The van der Waals surface area contributed by atoms with Crippen LogP contribution in [0, 0.1) is 18.6 Å². The molecular formula is C22H15F5N2S. The number of aromatic nitrogens is 1. The minimum atomic E-state index is -4.62. The van der Waals surface area contributed by atoms with Crippen molar-refractivity contribution in [2.24, 2.45) is 0 Å². The highest BCUT2D eigenvalue weighted by molar-refractivity contribution is 7.19. The van der Waals surface area contributed by atoms with Crippen molar-refractivity contribution < 1.29 is 22.0 Å². The minimum absolute atomic E-state index is 0.0458. The largest absolute Gasteiger partial charge is 0.418 e. The fourth-order valence-corrected chi connectivity index (χ4v) is 4.43. The van der Waals surface area contributed by atoms with Crippen molar-refractivity contribution in [3.05, 3.63) is 82.5 Å². The molecule has 0 amide bonds. The summed E-state index contributed by atoms with van der Waals surface area (Å²) in [5.41, 5.74) is -0.0125. The number of nitrogens with one attached hydrogen (secondary N) is 1. The maximum absolute atomic E-state index is 14.0. The zero-order valence-electron chi connectivity index (χ0n) is 15.6. The highest BCUT2D eigenvalue weighted by Crippen LogP contribution is 2.39. The third-order valence-electron chi connectivity index (χ3n) is 4.84. The zero-order chi connectivity index (χ0) is 21.5. The number of rotatable bonds is 4. The van der Waals surface area contributed by atoms with Crippen LogP contribution in [0.3, 0.4) is 0 Å². The molecule has 30 heavy (non-hydrogen) atoms.